The van der Waals surface area contributed by atoms with Crippen molar-refractivity contribution in [3.8, 4) is 0 Å². The Kier molecular flexibility index (Phi) is 5.80. The lowest BCUT2D eigenvalue weighted by Gasteiger charge is -2.08. The van der Waals surface area contributed by atoms with E-state index in [-0.39, 0.29) is 36.9 Å². The molecule has 1 aliphatic rings. The van der Waals surface area contributed by atoms with E-state index in [0.717, 1.165) is 0 Å². The van der Waals surface area contributed by atoms with Crippen LogP contribution in [0.5, 0.6) is 0 Å². The molecule has 3 nitrogen and oxygen atoms in total. The Morgan fingerprint density at radius 2 is 2.10 bits per heavy atom. The monoisotopic (exact) mass is 187 g/mol. The molecule has 0 aliphatic carbocycles. The number of cyclic esters (lactones) is 1. The highest BCUT2D eigenvalue weighted by atomic mass is 35.5. The van der Waals surface area contributed by atoms with Crippen LogP contribution in [0.3, 0.4) is 0 Å². The predicted octanol–water partition coefficient (Wildman–Crippen LogP) is 1.30. The Balaban J connectivity index is 0. The van der Waals surface area contributed by atoms with Crippen LogP contribution in [0.4, 0.5) is 4.79 Å². The van der Waals surface area contributed by atoms with Crippen molar-refractivity contribution < 1.29 is 9.53 Å². The zero-order valence-corrected chi connectivity index (χ0v) is 7.50. The molecule has 0 aromatic rings. The van der Waals surface area contributed by atoms with Gasteiger partial charge in [-0.2, -0.15) is 0 Å². The molecule has 0 spiro atoms. The van der Waals surface area contributed by atoms with Gasteiger partial charge in [0.25, 0.3) is 0 Å². The van der Waals surface area contributed by atoms with Crippen LogP contribution in [-0.2, 0) is 4.74 Å². The Bertz CT molecular complexity index is 120. The van der Waals surface area contributed by atoms with E-state index in [1.54, 1.807) is 11.9 Å². The first kappa shape index (κ1) is 12.5. The molecule has 0 saturated carbocycles. The average Bonchev–Trinajstić information content (AvgIpc) is 1.98. The maximum Gasteiger partial charge on any atom is 0.409 e. The Morgan fingerprint density at radius 1 is 1.60 bits per heavy atom. The third kappa shape index (κ3) is 2.23. The van der Waals surface area contributed by atoms with Crippen molar-refractivity contribution in [3.63, 3.8) is 0 Å². The molecule has 10 heavy (non-hydrogen) atoms. The van der Waals surface area contributed by atoms with Gasteiger partial charge in [0.15, 0.2) is 0 Å². The number of nitrogens with zero attached hydrogens (tertiary/aromatic N) is 1. The number of hydrogen-bond donors (Lipinski definition) is 0. The minimum absolute atomic E-state index is 0. The highest BCUT2D eigenvalue weighted by molar-refractivity contribution is 5.85. The first-order valence-corrected chi connectivity index (χ1v) is 2.61. The van der Waals surface area contributed by atoms with Gasteiger partial charge < -0.3 is 9.64 Å². The third-order valence-electron chi connectivity index (χ3n) is 1.40. The molecule has 1 fully saturated rings. The van der Waals surface area contributed by atoms with E-state index in [2.05, 4.69) is 4.74 Å². The molecule has 1 aliphatic heterocycles. The minimum atomic E-state index is -0.211. The van der Waals surface area contributed by atoms with Crippen LogP contribution in [0, 0.1) is 0 Å². The van der Waals surface area contributed by atoms with Crippen LogP contribution in [0.15, 0.2) is 0 Å². The van der Waals surface area contributed by atoms with Crippen LogP contribution in [0.25, 0.3) is 0 Å². The van der Waals surface area contributed by atoms with Gasteiger partial charge in [-0.1, -0.05) is 0 Å². The molecule has 1 unspecified atom stereocenters. The van der Waals surface area contributed by atoms with Gasteiger partial charge in [0, 0.05) is 7.05 Å². The van der Waals surface area contributed by atoms with Gasteiger partial charge in [-0.15, -0.1) is 24.8 Å². The normalized spacial score (nSPS) is 22.8. The SMILES string of the molecule is CC1COC(=O)N1C.Cl.Cl. The van der Waals surface area contributed by atoms with Crippen molar-refractivity contribution in [3.05, 3.63) is 0 Å². The second-order valence-corrected chi connectivity index (χ2v) is 2.04. The number of likely N-dealkylation sites (N-methyl/N-ethyl adjacent to an activating group) is 1. The van der Waals surface area contributed by atoms with Gasteiger partial charge in [-0.05, 0) is 6.92 Å². The summed E-state index contributed by atoms with van der Waals surface area (Å²) in [5, 5.41) is 0. The Labute approximate surface area is 72.5 Å². The number of carbonyl (C=O) groups is 1. The summed E-state index contributed by atoms with van der Waals surface area (Å²) in [5.41, 5.74) is 0. The largest absolute Gasteiger partial charge is 0.447 e. The van der Waals surface area contributed by atoms with E-state index in [1.807, 2.05) is 6.92 Å². The van der Waals surface area contributed by atoms with Crippen molar-refractivity contribution in [1.29, 1.82) is 0 Å². The van der Waals surface area contributed by atoms with Crippen LogP contribution < -0.4 is 0 Å². The second-order valence-electron chi connectivity index (χ2n) is 2.04. The van der Waals surface area contributed by atoms with E-state index in [1.165, 1.54) is 0 Å². The maximum atomic E-state index is 10.5. The van der Waals surface area contributed by atoms with E-state index in [4.69, 9.17) is 0 Å². The van der Waals surface area contributed by atoms with Crippen LogP contribution in [0.2, 0.25) is 0 Å². The van der Waals surface area contributed by atoms with Crippen molar-refractivity contribution in [2.24, 2.45) is 0 Å². The Hall–Kier alpha value is -0.150. The number of hydrogen-bond acceptors (Lipinski definition) is 2. The molecule has 1 heterocycles. The lowest BCUT2D eigenvalue weighted by molar-refractivity contribution is 0.163. The molecule has 0 aromatic carbocycles. The maximum absolute atomic E-state index is 10.5. The molecule has 62 valence electrons. The molecule has 1 amide bonds. The molecular formula is C5H11Cl2NO2. The van der Waals surface area contributed by atoms with Gasteiger partial charge in [-0.3, -0.25) is 0 Å². The summed E-state index contributed by atoms with van der Waals surface area (Å²) in [6.07, 6.45) is -0.211. The fourth-order valence-electron chi connectivity index (χ4n) is 0.585. The summed E-state index contributed by atoms with van der Waals surface area (Å²) in [6, 6.07) is 0.252. The fraction of sp³-hybridized carbons (Fsp3) is 0.800. The summed E-state index contributed by atoms with van der Waals surface area (Å²) in [6.45, 7) is 2.49. The minimum Gasteiger partial charge on any atom is -0.447 e. The van der Waals surface area contributed by atoms with E-state index >= 15 is 0 Å². The smallest absolute Gasteiger partial charge is 0.409 e. The van der Waals surface area contributed by atoms with Gasteiger partial charge in [-0.25, -0.2) is 4.79 Å². The number of halogens is 2. The summed E-state index contributed by atoms with van der Waals surface area (Å²) in [5.74, 6) is 0. The third-order valence-corrected chi connectivity index (χ3v) is 1.40. The highest BCUT2D eigenvalue weighted by Gasteiger charge is 2.24. The fourth-order valence-corrected chi connectivity index (χ4v) is 0.585. The van der Waals surface area contributed by atoms with E-state index < -0.39 is 0 Å². The van der Waals surface area contributed by atoms with Crippen molar-refractivity contribution >= 4 is 30.9 Å². The summed E-state index contributed by atoms with van der Waals surface area (Å²) >= 11 is 0. The van der Waals surface area contributed by atoms with E-state index in [9.17, 15) is 4.79 Å². The topological polar surface area (TPSA) is 29.5 Å². The van der Waals surface area contributed by atoms with Crippen molar-refractivity contribution in [1.82, 2.24) is 4.90 Å². The summed E-state index contributed by atoms with van der Waals surface area (Å²) in [7, 11) is 1.74. The quantitative estimate of drug-likeness (QED) is 0.573. The zero-order valence-electron chi connectivity index (χ0n) is 5.86. The molecule has 0 N–H and O–H groups in total. The molecule has 5 heteroatoms. The van der Waals surface area contributed by atoms with Crippen molar-refractivity contribution in [2.75, 3.05) is 13.7 Å². The van der Waals surface area contributed by atoms with Gasteiger partial charge >= 0.3 is 6.09 Å². The predicted molar refractivity (Wildman–Crippen MR) is 43.1 cm³/mol. The van der Waals surface area contributed by atoms with Gasteiger partial charge in [0.1, 0.15) is 6.61 Å². The standard InChI is InChI=1S/C5H9NO2.2ClH/c1-4-3-8-5(7)6(4)2;;/h4H,3H2,1-2H3;2*1H. The molecule has 0 radical (unpaired) electrons. The first-order chi connectivity index (χ1) is 3.72. The Morgan fingerprint density at radius 3 is 2.20 bits per heavy atom. The summed E-state index contributed by atoms with van der Waals surface area (Å²) < 4.78 is 4.66. The van der Waals surface area contributed by atoms with Crippen LogP contribution in [0.1, 0.15) is 6.92 Å². The second kappa shape index (κ2) is 4.63. The van der Waals surface area contributed by atoms with Crippen LogP contribution >= 0.6 is 24.8 Å². The first-order valence-electron chi connectivity index (χ1n) is 2.61. The van der Waals surface area contributed by atoms with Gasteiger partial charge in [0.2, 0.25) is 0 Å². The number of ether oxygens (including phenoxy) is 1. The summed E-state index contributed by atoms with van der Waals surface area (Å²) in [4.78, 5) is 12.1. The average molecular weight is 188 g/mol. The van der Waals surface area contributed by atoms with Crippen molar-refractivity contribution in [2.45, 2.75) is 13.0 Å². The number of carbonyl (C=O) groups excluding carboxylic acids is 1. The molecule has 1 saturated heterocycles. The molecule has 0 aromatic heterocycles. The lowest BCUT2D eigenvalue weighted by Crippen LogP contribution is -2.25. The number of rotatable bonds is 0. The highest BCUT2D eigenvalue weighted by Crippen LogP contribution is 2.06. The number of amides is 1. The van der Waals surface area contributed by atoms with Gasteiger partial charge in [0.05, 0.1) is 6.04 Å². The van der Waals surface area contributed by atoms with Crippen LogP contribution in [-0.4, -0.2) is 30.7 Å². The molecule has 1 rings (SSSR count). The molecular weight excluding hydrogens is 177 g/mol. The zero-order chi connectivity index (χ0) is 6.15. The lowest BCUT2D eigenvalue weighted by atomic mass is 10.4. The molecule has 1 atom stereocenters. The molecule has 0 bridgehead atoms. The van der Waals surface area contributed by atoms with E-state index in [0.29, 0.717) is 6.61 Å².